The maximum absolute atomic E-state index is 14.3. The zero-order valence-corrected chi connectivity index (χ0v) is 20.3. The molecule has 0 N–H and O–H groups in total. The molecule has 2 fully saturated rings. The second-order valence-electron chi connectivity index (χ2n) is 9.87. The van der Waals surface area contributed by atoms with Gasteiger partial charge in [0.05, 0.1) is 12.0 Å². The number of carbonyl (C=O) groups is 3. The van der Waals surface area contributed by atoms with Crippen molar-refractivity contribution in [3.63, 3.8) is 0 Å². The molecule has 0 unspecified atom stereocenters. The number of halogens is 1. The SMILES string of the molecule is Cc1ccccc1[C@]1(CC(=O)N2CC[C@H](c3ccccc3F)C2)CC(=O)N(Cc2ccccc2)C1=O. The lowest BCUT2D eigenvalue weighted by molar-refractivity contribution is -0.143. The smallest absolute Gasteiger partial charge is 0.241 e. The number of aryl methyl sites for hydroxylation is 1. The first-order chi connectivity index (χ1) is 17.4. The van der Waals surface area contributed by atoms with Crippen molar-refractivity contribution in [2.75, 3.05) is 13.1 Å². The molecule has 2 heterocycles. The highest BCUT2D eigenvalue weighted by atomic mass is 19.1. The summed E-state index contributed by atoms with van der Waals surface area (Å²) in [5, 5.41) is 0. The van der Waals surface area contributed by atoms with Crippen LogP contribution >= 0.6 is 0 Å². The van der Waals surface area contributed by atoms with Crippen LogP contribution in [-0.2, 0) is 26.3 Å². The summed E-state index contributed by atoms with van der Waals surface area (Å²) in [7, 11) is 0. The zero-order valence-electron chi connectivity index (χ0n) is 20.3. The summed E-state index contributed by atoms with van der Waals surface area (Å²) >= 11 is 0. The van der Waals surface area contributed by atoms with Crippen molar-refractivity contribution >= 4 is 17.7 Å². The molecule has 2 saturated heterocycles. The summed E-state index contributed by atoms with van der Waals surface area (Å²) < 4.78 is 14.3. The van der Waals surface area contributed by atoms with Crippen LogP contribution in [0, 0.1) is 12.7 Å². The summed E-state index contributed by atoms with van der Waals surface area (Å²) in [6.45, 7) is 2.99. The largest absolute Gasteiger partial charge is 0.342 e. The first-order valence-corrected chi connectivity index (χ1v) is 12.4. The van der Waals surface area contributed by atoms with Crippen molar-refractivity contribution < 1.29 is 18.8 Å². The molecule has 0 aliphatic carbocycles. The highest BCUT2D eigenvalue weighted by molar-refractivity contribution is 6.10. The van der Waals surface area contributed by atoms with Gasteiger partial charge < -0.3 is 4.90 Å². The Hall–Kier alpha value is -3.80. The van der Waals surface area contributed by atoms with Gasteiger partial charge in [0, 0.05) is 31.8 Å². The second-order valence-corrected chi connectivity index (χ2v) is 9.87. The van der Waals surface area contributed by atoms with E-state index in [1.807, 2.05) is 61.5 Å². The van der Waals surface area contributed by atoms with Gasteiger partial charge in [0.15, 0.2) is 0 Å². The topological polar surface area (TPSA) is 57.7 Å². The predicted molar refractivity (Wildman–Crippen MR) is 134 cm³/mol. The molecule has 2 aliphatic rings. The quantitative estimate of drug-likeness (QED) is 0.475. The molecule has 5 nitrogen and oxygen atoms in total. The third-order valence-corrected chi connectivity index (χ3v) is 7.59. The number of benzene rings is 3. The van der Waals surface area contributed by atoms with Crippen LogP contribution in [0.15, 0.2) is 78.9 Å². The number of nitrogens with zero attached hydrogens (tertiary/aromatic N) is 2. The van der Waals surface area contributed by atoms with E-state index in [0.717, 1.165) is 16.7 Å². The van der Waals surface area contributed by atoms with Gasteiger partial charge in [0.1, 0.15) is 5.82 Å². The molecule has 0 radical (unpaired) electrons. The van der Waals surface area contributed by atoms with E-state index in [1.165, 1.54) is 11.0 Å². The van der Waals surface area contributed by atoms with Gasteiger partial charge >= 0.3 is 0 Å². The lowest BCUT2D eigenvalue weighted by Crippen LogP contribution is -2.43. The Labute approximate surface area is 210 Å². The fourth-order valence-corrected chi connectivity index (χ4v) is 5.70. The molecule has 184 valence electrons. The number of rotatable bonds is 6. The summed E-state index contributed by atoms with van der Waals surface area (Å²) in [6, 6.07) is 23.6. The van der Waals surface area contributed by atoms with Gasteiger partial charge in [-0.05, 0) is 41.7 Å². The van der Waals surface area contributed by atoms with Crippen LogP contribution in [-0.4, -0.2) is 40.6 Å². The molecule has 6 heteroatoms. The highest BCUT2D eigenvalue weighted by Crippen LogP contribution is 2.43. The standard InChI is InChI=1S/C30H29FN2O3/c1-21-9-5-7-13-25(21)30(18-28(35)33(29(30)36)19-22-10-3-2-4-11-22)17-27(34)32-16-15-23(20-32)24-12-6-8-14-26(24)31/h2-14,23H,15-20H2,1H3/t23-,30-/m0/s1. The molecular formula is C30H29FN2O3. The van der Waals surface area contributed by atoms with Crippen molar-refractivity contribution in [1.29, 1.82) is 0 Å². The molecule has 0 bridgehead atoms. The molecule has 36 heavy (non-hydrogen) atoms. The average molecular weight is 485 g/mol. The van der Waals surface area contributed by atoms with E-state index in [1.54, 1.807) is 23.1 Å². The Morgan fingerprint density at radius 1 is 0.972 bits per heavy atom. The first kappa shape index (κ1) is 23.9. The minimum atomic E-state index is -1.25. The van der Waals surface area contributed by atoms with Gasteiger partial charge in [0.2, 0.25) is 17.7 Å². The fourth-order valence-electron chi connectivity index (χ4n) is 5.70. The van der Waals surface area contributed by atoms with Crippen LogP contribution in [0.1, 0.15) is 47.4 Å². The van der Waals surface area contributed by atoms with Crippen LogP contribution in [0.2, 0.25) is 0 Å². The van der Waals surface area contributed by atoms with Crippen molar-refractivity contribution in [3.05, 3.63) is 107 Å². The van der Waals surface area contributed by atoms with E-state index in [-0.39, 0.29) is 48.8 Å². The monoisotopic (exact) mass is 484 g/mol. The second kappa shape index (κ2) is 9.69. The summed E-state index contributed by atoms with van der Waals surface area (Å²) in [6.07, 6.45) is 0.536. The predicted octanol–water partition coefficient (Wildman–Crippen LogP) is 4.74. The summed E-state index contributed by atoms with van der Waals surface area (Å²) in [5.74, 6) is -1.13. The molecule has 0 aromatic heterocycles. The van der Waals surface area contributed by atoms with Crippen LogP contribution in [0.4, 0.5) is 4.39 Å². The van der Waals surface area contributed by atoms with E-state index in [9.17, 15) is 18.8 Å². The third-order valence-electron chi connectivity index (χ3n) is 7.59. The lowest BCUT2D eigenvalue weighted by atomic mass is 9.74. The number of hydrogen-bond acceptors (Lipinski definition) is 3. The number of imide groups is 1. The van der Waals surface area contributed by atoms with Gasteiger partial charge in [-0.1, -0.05) is 72.8 Å². The number of amides is 3. The van der Waals surface area contributed by atoms with Crippen LogP contribution < -0.4 is 0 Å². The van der Waals surface area contributed by atoms with E-state index >= 15 is 0 Å². The Balaban J connectivity index is 1.42. The molecule has 2 atom stereocenters. The highest BCUT2D eigenvalue weighted by Gasteiger charge is 2.54. The molecule has 2 aliphatic heterocycles. The maximum Gasteiger partial charge on any atom is 0.241 e. The molecule has 0 saturated carbocycles. The Bertz CT molecular complexity index is 1310. The zero-order chi connectivity index (χ0) is 25.3. The van der Waals surface area contributed by atoms with Crippen molar-refractivity contribution in [2.24, 2.45) is 0 Å². The summed E-state index contributed by atoms with van der Waals surface area (Å²) in [4.78, 5) is 43.8. The number of likely N-dealkylation sites (tertiary alicyclic amines) is 2. The van der Waals surface area contributed by atoms with Crippen molar-refractivity contribution in [1.82, 2.24) is 9.80 Å². The molecule has 3 aromatic carbocycles. The van der Waals surface area contributed by atoms with Gasteiger partial charge in [-0.15, -0.1) is 0 Å². The van der Waals surface area contributed by atoms with Crippen LogP contribution in [0.25, 0.3) is 0 Å². The fraction of sp³-hybridized carbons (Fsp3) is 0.300. The van der Waals surface area contributed by atoms with Gasteiger partial charge in [-0.2, -0.15) is 0 Å². The Kier molecular flexibility index (Phi) is 6.44. The van der Waals surface area contributed by atoms with E-state index in [2.05, 4.69) is 0 Å². The molecule has 3 amide bonds. The number of carbonyl (C=O) groups excluding carboxylic acids is 3. The van der Waals surface area contributed by atoms with E-state index < -0.39 is 5.41 Å². The molecule has 0 spiro atoms. The molecule has 3 aromatic rings. The minimum absolute atomic E-state index is 0.0418. The normalized spacial score (nSPS) is 21.9. The van der Waals surface area contributed by atoms with Gasteiger partial charge in [-0.25, -0.2) is 4.39 Å². The van der Waals surface area contributed by atoms with Crippen LogP contribution in [0.3, 0.4) is 0 Å². The third kappa shape index (κ3) is 4.32. The Morgan fingerprint density at radius 3 is 2.42 bits per heavy atom. The van der Waals surface area contributed by atoms with Crippen molar-refractivity contribution in [3.8, 4) is 0 Å². The maximum atomic E-state index is 14.3. The van der Waals surface area contributed by atoms with Gasteiger partial charge in [0.25, 0.3) is 0 Å². The van der Waals surface area contributed by atoms with Gasteiger partial charge in [-0.3, -0.25) is 19.3 Å². The molecular weight excluding hydrogens is 455 g/mol. The van der Waals surface area contributed by atoms with Crippen LogP contribution in [0.5, 0.6) is 0 Å². The average Bonchev–Trinajstić information content (AvgIpc) is 3.45. The molecule has 5 rings (SSSR count). The first-order valence-electron chi connectivity index (χ1n) is 12.4. The van der Waals surface area contributed by atoms with Crippen molar-refractivity contribution in [2.45, 2.75) is 44.1 Å². The number of hydrogen-bond donors (Lipinski definition) is 0. The van der Waals surface area contributed by atoms with E-state index in [4.69, 9.17) is 0 Å². The van der Waals surface area contributed by atoms with E-state index in [0.29, 0.717) is 25.1 Å². The summed E-state index contributed by atoms with van der Waals surface area (Å²) in [5.41, 5.74) is 1.82. The lowest BCUT2D eigenvalue weighted by Gasteiger charge is -2.30. The Morgan fingerprint density at radius 2 is 1.67 bits per heavy atom. The minimum Gasteiger partial charge on any atom is -0.342 e.